The molecule has 0 aliphatic heterocycles. The Morgan fingerprint density at radius 2 is 1.86 bits per heavy atom. The van der Waals surface area contributed by atoms with Gasteiger partial charge in [-0.25, -0.2) is 4.79 Å². The molecule has 0 spiro atoms. The number of hydrogen-bond acceptors (Lipinski definition) is 4. The van der Waals surface area contributed by atoms with E-state index in [1.807, 2.05) is 44.2 Å². The summed E-state index contributed by atoms with van der Waals surface area (Å²) >= 11 is 0. The number of aliphatic hydroxyl groups is 2. The Hall–Kier alpha value is -1.59. The van der Waals surface area contributed by atoms with E-state index in [4.69, 9.17) is 4.74 Å². The van der Waals surface area contributed by atoms with Gasteiger partial charge in [0.2, 0.25) is 0 Å². The minimum absolute atomic E-state index is 0.0194. The molecule has 0 radical (unpaired) electrons. The molecule has 5 heteroatoms. The fraction of sp³-hybridized carbons (Fsp3) is 0.696. The van der Waals surface area contributed by atoms with Crippen LogP contribution < -0.4 is 5.32 Å². The maximum absolute atomic E-state index is 12.4. The van der Waals surface area contributed by atoms with Crippen LogP contribution in [0.2, 0.25) is 0 Å². The Kier molecular flexibility index (Phi) is 9.79. The predicted octanol–water partition coefficient (Wildman–Crippen LogP) is 4.27. The highest BCUT2D eigenvalue weighted by Crippen LogP contribution is 2.29. The van der Waals surface area contributed by atoms with E-state index >= 15 is 0 Å². The van der Waals surface area contributed by atoms with Crippen LogP contribution in [0.1, 0.15) is 64.4 Å². The largest absolute Gasteiger partial charge is 0.445 e. The summed E-state index contributed by atoms with van der Waals surface area (Å²) < 4.78 is 5.37. The van der Waals surface area contributed by atoms with Crippen molar-refractivity contribution in [3.8, 4) is 0 Å². The van der Waals surface area contributed by atoms with E-state index in [-0.39, 0.29) is 31.1 Å². The normalized spacial score (nSPS) is 18.5. The Balaban J connectivity index is 1.94. The van der Waals surface area contributed by atoms with Gasteiger partial charge in [-0.3, -0.25) is 0 Å². The smallest absolute Gasteiger partial charge is 0.407 e. The molecule has 28 heavy (non-hydrogen) atoms. The molecule has 1 aromatic carbocycles. The molecule has 158 valence electrons. The summed E-state index contributed by atoms with van der Waals surface area (Å²) in [6.07, 6.45) is 6.07. The zero-order valence-electron chi connectivity index (χ0n) is 17.3. The molecule has 3 N–H and O–H groups in total. The lowest BCUT2D eigenvalue weighted by atomic mass is 9.81. The van der Waals surface area contributed by atoms with E-state index in [0.717, 1.165) is 24.8 Å². The van der Waals surface area contributed by atoms with Crippen molar-refractivity contribution >= 4 is 6.09 Å². The standard InChI is InChI=1S/C23H37NO4/c1-17(2)20(15-25)14-22(26)21(13-18-9-5-3-6-10-18)24-23(27)28-16-19-11-7-4-8-12-19/h4,7-8,11-12,17-18,20-22,25-26H,3,5-6,9-10,13-16H2,1-2H3,(H,24,27). The van der Waals surface area contributed by atoms with E-state index in [1.54, 1.807) is 0 Å². The highest BCUT2D eigenvalue weighted by atomic mass is 16.5. The zero-order chi connectivity index (χ0) is 20.4. The molecule has 0 heterocycles. The average molecular weight is 392 g/mol. The van der Waals surface area contributed by atoms with E-state index < -0.39 is 12.2 Å². The molecule has 1 aliphatic rings. The number of benzene rings is 1. The van der Waals surface area contributed by atoms with Crippen molar-refractivity contribution < 1.29 is 19.7 Å². The lowest BCUT2D eigenvalue weighted by molar-refractivity contribution is 0.0540. The molecular formula is C23H37NO4. The van der Waals surface area contributed by atoms with Crippen molar-refractivity contribution in [3.63, 3.8) is 0 Å². The minimum atomic E-state index is -0.689. The van der Waals surface area contributed by atoms with E-state index in [9.17, 15) is 15.0 Å². The molecular weight excluding hydrogens is 354 g/mol. The van der Waals surface area contributed by atoms with Crippen molar-refractivity contribution in [3.05, 3.63) is 35.9 Å². The molecule has 1 saturated carbocycles. The first-order valence-corrected chi connectivity index (χ1v) is 10.8. The Labute approximate surface area is 169 Å². The topological polar surface area (TPSA) is 78.8 Å². The molecule has 3 atom stereocenters. The minimum Gasteiger partial charge on any atom is -0.445 e. The van der Waals surface area contributed by atoms with Crippen molar-refractivity contribution in [2.75, 3.05) is 6.61 Å². The highest BCUT2D eigenvalue weighted by Gasteiger charge is 2.29. The van der Waals surface area contributed by atoms with Gasteiger partial charge in [0.1, 0.15) is 6.61 Å². The first-order valence-electron chi connectivity index (χ1n) is 10.8. The molecule has 3 unspecified atom stereocenters. The van der Waals surface area contributed by atoms with Crippen LogP contribution >= 0.6 is 0 Å². The molecule has 1 aromatic rings. The molecule has 1 aliphatic carbocycles. The Morgan fingerprint density at radius 3 is 2.46 bits per heavy atom. The molecule has 5 nitrogen and oxygen atoms in total. The van der Waals surface area contributed by atoms with Crippen LogP contribution in [0.5, 0.6) is 0 Å². The third kappa shape index (κ3) is 7.80. The van der Waals surface area contributed by atoms with Gasteiger partial charge in [0.05, 0.1) is 12.1 Å². The van der Waals surface area contributed by atoms with E-state index in [1.165, 1.54) is 19.3 Å². The number of carbonyl (C=O) groups excluding carboxylic acids is 1. The van der Waals surface area contributed by atoms with Gasteiger partial charge in [-0.05, 0) is 36.2 Å². The molecule has 1 fully saturated rings. The van der Waals surface area contributed by atoms with Gasteiger partial charge in [-0.1, -0.05) is 76.3 Å². The van der Waals surface area contributed by atoms with Crippen LogP contribution in [0.4, 0.5) is 4.79 Å². The van der Waals surface area contributed by atoms with Crippen molar-refractivity contribution in [1.82, 2.24) is 5.32 Å². The number of nitrogens with one attached hydrogen (secondary N) is 1. The van der Waals surface area contributed by atoms with Gasteiger partial charge in [0.15, 0.2) is 0 Å². The van der Waals surface area contributed by atoms with E-state index in [0.29, 0.717) is 12.3 Å². The van der Waals surface area contributed by atoms with Crippen LogP contribution in [0.15, 0.2) is 30.3 Å². The van der Waals surface area contributed by atoms with Crippen molar-refractivity contribution in [1.29, 1.82) is 0 Å². The maximum atomic E-state index is 12.4. The number of rotatable bonds is 10. The van der Waals surface area contributed by atoms with Crippen LogP contribution in [-0.4, -0.2) is 35.1 Å². The van der Waals surface area contributed by atoms with Gasteiger partial charge >= 0.3 is 6.09 Å². The van der Waals surface area contributed by atoms with Gasteiger partial charge in [-0.15, -0.1) is 0 Å². The summed E-state index contributed by atoms with van der Waals surface area (Å²) in [5.74, 6) is 0.820. The fourth-order valence-electron chi connectivity index (χ4n) is 4.04. The number of hydrogen-bond donors (Lipinski definition) is 3. The second-order valence-corrected chi connectivity index (χ2v) is 8.54. The fourth-order valence-corrected chi connectivity index (χ4v) is 4.04. The number of alkyl carbamates (subject to hydrolysis) is 1. The maximum Gasteiger partial charge on any atom is 0.407 e. The van der Waals surface area contributed by atoms with E-state index in [2.05, 4.69) is 5.32 Å². The number of carbonyl (C=O) groups is 1. The zero-order valence-corrected chi connectivity index (χ0v) is 17.3. The summed E-state index contributed by atoms with van der Waals surface area (Å²) in [6.45, 7) is 4.35. The summed E-state index contributed by atoms with van der Waals surface area (Å²) in [6, 6.07) is 9.22. The third-order valence-electron chi connectivity index (χ3n) is 6.01. The number of aliphatic hydroxyl groups excluding tert-OH is 2. The monoisotopic (exact) mass is 391 g/mol. The molecule has 0 bridgehead atoms. The van der Waals surface area contributed by atoms with Gasteiger partial charge in [-0.2, -0.15) is 0 Å². The first-order chi connectivity index (χ1) is 13.5. The van der Waals surface area contributed by atoms with Crippen LogP contribution in [0, 0.1) is 17.8 Å². The quantitative estimate of drug-likeness (QED) is 0.557. The molecule has 0 saturated heterocycles. The van der Waals surface area contributed by atoms with Crippen LogP contribution in [0.25, 0.3) is 0 Å². The summed E-state index contributed by atoms with van der Waals surface area (Å²) in [7, 11) is 0. The summed E-state index contributed by atoms with van der Waals surface area (Å²) in [5.41, 5.74) is 0.933. The molecule has 0 aromatic heterocycles. The Bertz CT molecular complexity index is 557. The lowest BCUT2D eigenvalue weighted by Crippen LogP contribution is -2.46. The summed E-state index contributed by atoms with van der Waals surface area (Å²) in [4.78, 5) is 12.4. The van der Waals surface area contributed by atoms with Gasteiger partial charge in [0, 0.05) is 6.61 Å². The SMILES string of the molecule is CC(C)C(CO)CC(O)C(CC1CCCCC1)NC(=O)OCc1ccccc1. The van der Waals surface area contributed by atoms with Crippen LogP contribution in [-0.2, 0) is 11.3 Å². The van der Waals surface area contributed by atoms with Gasteiger partial charge in [0.25, 0.3) is 0 Å². The molecule has 1 amide bonds. The van der Waals surface area contributed by atoms with Crippen LogP contribution in [0.3, 0.4) is 0 Å². The highest BCUT2D eigenvalue weighted by molar-refractivity contribution is 5.67. The second-order valence-electron chi connectivity index (χ2n) is 8.54. The number of amides is 1. The van der Waals surface area contributed by atoms with Gasteiger partial charge < -0.3 is 20.3 Å². The second kappa shape index (κ2) is 12.1. The number of ether oxygens (including phenoxy) is 1. The van der Waals surface area contributed by atoms with Crippen molar-refractivity contribution in [2.24, 2.45) is 17.8 Å². The molecule has 2 rings (SSSR count). The predicted molar refractivity (Wildman–Crippen MR) is 111 cm³/mol. The average Bonchev–Trinajstić information content (AvgIpc) is 2.71. The van der Waals surface area contributed by atoms with Crippen molar-refractivity contribution in [2.45, 2.75) is 77.5 Å². The Morgan fingerprint density at radius 1 is 1.18 bits per heavy atom. The first kappa shape index (κ1) is 22.7. The third-order valence-corrected chi connectivity index (χ3v) is 6.01. The summed E-state index contributed by atoms with van der Waals surface area (Å²) in [5, 5.41) is 23.4. The lowest BCUT2D eigenvalue weighted by Gasteiger charge is -2.32.